The Kier molecular flexibility index (Phi) is 4.12. The molecule has 1 unspecified atom stereocenters. The lowest BCUT2D eigenvalue weighted by molar-refractivity contribution is 0.189. The summed E-state index contributed by atoms with van der Waals surface area (Å²) in [4.78, 5) is 0. The van der Waals surface area contributed by atoms with Gasteiger partial charge in [-0.3, -0.25) is 0 Å². The van der Waals surface area contributed by atoms with E-state index in [9.17, 15) is 13.9 Å². The molecule has 0 aliphatic rings. The Morgan fingerprint density at radius 2 is 1.89 bits per heavy atom. The molecule has 0 aliphatic heterocycles. The molecule has 1 atom stereocenters. The van der Waals surface area contributed by atoms with Crippen LogP contribution in [0.4, 0.5) is 8.78 Å². The maximum atomic E-state index is 13.4. The fourth-order valence-corrected chi connectivity index (χ4v) is 1.75. The van der Waals surface area contributed by atoms with Crippen LogP contribution in [0, 0.1) is 11.6 Å². The van der Waals surface area contributed by atoms with Gasteiger partial charge in [0.25, 0.3) is 0 Å². The zero-order valence-corrected chi connectivity index (χ0v) is 10.4. The first-order valence-electron chi connectivity index (χ1n) is 5.91. The third kappa shape index (κ3) is 3.29. The molecule has 0 radical (unpaired) electrons. The van der Waals surface area contributed by atoms with E-state index in [2.05, 4.69) is 0 Å². The highest BCUT2D eigenvalue weighted by Gasteiger charge is 2.11. The normalized spacial score (nSPS) is 12.2. The minimum absolute atomic E-state index is 0.0258. The summed E-state index contributed by atoms with van der Waals surface area (Å²) in [7, 11) is 0. The van der Waals surface area contributed by atoms with E-state index in [0.29, 0.717) is 16.9 Å². The van der Waals surface area contributed by atoms with E-state index in [1.54, 1.807) is 18.2 Å². The van der Waals surface area contributed by atoms with Gasteiger partial charge < -0.3 is 9.84 Å². The summed E-state index contributed by atoms with van der Waals surface area (Å²) < 4.78 is 32.0. The summed E-state index contributed by atoms with van der Waals surface area (Å²) in [6.07, 6.45) is -0.855. The smallest absolute Gasteiger partial charge is 0.129 e. The lowest BCUT2D eigenvalue weighted by Gasteiger charge is -2.13. The molecule has 2 aromatic carbocycles. The van der Waals surface area contributed by atoms with E-state index in [1.165, 1.54) is 31.2 Å². The highest BCUT2D eigenvalue weighted by atomic mass is 19.1. The number of rotatable bonds is 4. The van der Waals surface area contributed by atoms with Gasteiger partial charge in [-0.25, -0.2) is 8.78 Å². The minimum atomic E-state index is -0.855. The van der Waals surface area contributed by atoms with Crippen LogP contribution in [-0.4, -0.2) is 5.11 Å². The van der Waals surface area contributed by atoms with Crippen LogP contribution in [0.5, 0.6) is 5.75 Å². The Labute approximate surface area is 110 Å². The first kappa shape index (κ1) is 13.5. The van der Waals surface area contributed by atoms with Crippen LogP contribution in [0.1, 0.15) is 24.2 Å². The van der Waals surface area contributed by atoms with Gasteiger partial charge in [-0.1, -0.05) is 18.2 Å². The topological polar surface area (TPSA) is 29.5 Å². The number of aliphatic hydroxyl groups is 1. The quantitative estimate of drug-likeness (QED) is 0.914. The third-order valence-corrected chi connectivity index (χ3v) is 2.76. The average molecular weight is 264 g/mol. The van der Waals surface area contributed by atoms with Crippen LogP contribution < -0.4 is 4.74 Å². The Balaban J connectivity index is 2.18. The van der Waals surface area contributed by atoms with Crippen molar-refractivity contribution in [2.24, 2.45) is 0 Å². The van der Waals surface area contributed by atoms with Crippen LogP contribution >= 0.6 is 0 Å². The molecule has 2 nitrogen and oxygen atoms in total. The van der Waals surface area contributed by atoms with Crippen molar-refractivity contribution in [3.63, 3.8) is 0 Å². The van der Waals surface area contributed by atoms with Crippen LogP contribution in [0.3, 0.4) is 0 Å². The summed E-state index contributed by atoms with van der Waals surface area (Å²) >= 11 is 0. The molecule has 100 valence electrons. The number of ether oxygens (including phenoxy) is 1. The molecule has 0 spiro atoms. The third-order valence-electron chi connectivity index (χ3n) is 2.76. The van der Waals surface area contributed by atoms with Crippen molar-refractivity contribution in [3.8, 4) is 5.75 Å². The molecule has 0 aliphatic carbocycles. The summed E-state index contributed by atoms with van der Waals surface area (Å²) in [5.74, 6) is -0.461. The van der Waals surface area contributed by atoms with Crippen LogP contribution in [-0.2, 0) is 6.61 Å². The molecule has 0 fully saturated rings. The molecule has 1 N–H and O–H groups in total. The summed E-state index contributed by atoms with van der Waals surface area (Å²) in [6.45, 7) is 1.54. The first-order chi connectivity index (χ1) is 9.08. The van der Waals surface area contributed by atoms with Crippen molar-refractivity contribution >= 4 is 0 Å². The van der Waals surface area contributed by atoms with Gasteiger partial charge in [-0.2, -0.15) is 0 Å². The summed E-state index contributed by atoms with van der Waals surface area (Å²) in [5, 5.41) is 9.56. The molecule has 4 heteroatoms. The van der Waals surface area contributed by atoms with Gasteiger partial charge in [-0.05, 0) is 31.2 Å². The van der Waals surface area contributed by atoms with E-state index in [4.69, 9.17) is 4.74 Å². The first-order valence-corrected chi connectivity index (χ1v) is 5.91. The SMILES string of the molecule is CC(O)c1cc(F)ccc1OCc1ccccc1F. The van der Waals surface area contributed by atoms with Crippen LogP contribution in [0.25, 0.3) is 0 Å². The van der Waals surface area contributed by atoms with Crippen molar-refractivity contribution in [2.75, 3.05) is 0 Å². The molecule has 2 rings (SSSR count). The van der Waals surface area contributed by atoms with Crippen molar-refractivity contribution in [1.29, 1.82) is 0 Å². The molecular formula is C15H14F2O2. The summed E-state index contributed by atoms with van der Waals surface area (Å²) in [5.41, 5.74) is 0.750. The van der Waals surface area contributed by atoms with E-state index in [1.807, 2.05) is 0 Å². The predicted octanol–water partition coefficient (Wildman–Crippen LogP) is 3.60. The fraction of sp³-hybridized carbons (Fsp3) is 0.200. The maximum Gasteiger partial charge on any atom is 0.129 e. The number of halogens is 2. The molecule has 0 saturated carbocycles. The molecule has 2 aromatic rings. The molecule has 0 saturated heterocycles. The lowest BCUT2D eigenvalue weighted by atomic mass is 10.1. The number of aliphatic hydroxyl groups excluding tert-OH is 1. The molecular weight excluding hydrogens is 250 g/mol. The standard InChI is InChI=1S/C15H14F2O2/c1-10(18)13-8-12(16)6-7-15(13)19-9-11-4-2-3-5-14(11)17/h2-8,10,18H,9H2,1H3. The number of hydrogen-bond acceptors (Lipinski definition) is 2. The Morgan fingerprint density at radius 1 is 1.16 bits per heavy atom. The molecule has 0 aromatic heterocycles. The van der Waals surface area contributed by atoms with Crippen molar-refractivity contribution in [3.05, 3.63) is 65.2 Å². The van der Waals surface area contributed by atoms with Gasteiger partial charge in [0.1, 0.15) is 24.0 Å². The second kappa shape index (κ2) is 5.80. The van der Waals surface area contributed by atoms with Crippen molar-refractivity contribution < 1.29 is 18.6 Å². The zero-order valence-electron chi connectivity index (χ0n) is 10.4. The highest BCUT2D eigenvalue weighted by molar-refractivity contribution is 5.35. The second-order valence-electron chi connectivity index (χ2n) is 4.24. The Bertz CT molecular complexity index is 568. The largest absolute Gasteiger partial charge is 0.488 e. The van der Waals surface area contributed by atoms with Crippen LogP contribution in [0.15, 0.2) is 42.5 Å². The van der Waals surface area contributed by atoms with E-state index >= 15 is 0 Å². The molecule has 0 bridgehead atoms. The molecule has 19 heavy (non-hydrogen) atoms. The number of hydrogen-bond donors (Lipinski definition) is 1. The van der Waals surface area contributed by atoms with Gasteiger partial charge in [-0.15, -0.1) is 0 Å². The van der Waals surface area contributed by atoms with Gasteiger partial charge in [0.2, 0.25) is 0 Å². The second-order valence-corrected chi connectivity index (χ2v) is 4.24. The Morgan fingerprint density at radius 3 is 2.58 bits per heavy atom. The van der Waals surface area contributed by atoms with Crippen LogP contribution in [0.2, 0.25) is 0 Å². The number of benzene rings is 2. The average Bonchev–Trinajstić information content (AvgIpc) is 2.38. The molecule has 0 heterocycles. The maximum absolute atomic E-state index is 13.4. The predicted molar refractivity (Wildman–Crippen MR) is 67.8 cm³/mol. The monoisotopic (exact) mass is 264 g/mol. The van der Waals surface area contributed by atoms with Gasteiger partial charge in [0.05, 0.1) is 6.10 Å². The van der Waals surface area contributed by atoms with E-state index < -0.39 is 11.9 Å². The zero-order chi connectivity index (χ0) is 13.8. The highest BCUT2D eigenvalue weighted by Crippen LogP contribution is 2.26. The van der Waals surface area contributed by atoms with Gasteiger partial charge in [0.15, 0.2) is 0 Å². The molecule has 0 amide bonds. The minimum Gasteiger partial charge on any atom is -0.488 e. The Hall–Kier alpha value is -1.94. The summed E-state index contributed by atoms with van der Waals surface area (Å²) in [6, 6.07) is 10.1. The lowest BCUT2D eigenvalue weighted by Crippen LogP contribution is -2.03. The van der Waals surface area contributed by atoms with Crippen molar-refractivity contribution in [2.45, 2.75) is 19.6 Å². The van der Waals surface area contributed by atoms with E-state index in [-0.39, 0.29) is 12.4 Å². The van der Waals surface area contributed by atoms with Gasteiger partial charge in [0, 0.05) is 11.1 Å². The van der Waals surface area contributed by atoms with E-state index in [0.717, 1.165) is 0 Å². The van der Waals surface area contributed by atoms with Gasteiger partial charge >= 0.3 is 0 Å². The van der Waals surface area contributed by atoms with Crippen molar-refractivity contribution in [1.82, 2.24) is 0 Å². The fourth-order valence-electron chi connectivity index (χ4n) is 1.75.